The summed E-state index contributed by atoms with van der Waals surface area (Å²) in [6.07, 6.45) is -8.29. The van der Waals surface area contributed by atoms with Crippen molar-refractivity contribution < 1.29 is 39.9 Å². The first-order valence-corrected chi connectivity index (χ1v) is 5.74. The SMILES string of the molecule is CN(CC(=O)OC(=O)[C@H](O)[C@@H](O)[C@H](O)[C@H](O)CO)C(=N)N. The zero-order valence-corrected chi connectivity index (χ0v) is 11.2. The average Bonchev–Trinajstić information content (AvgIpc) is 2.43. The maximum absolute atomic E-state index is 11.3. The van der Waals surface area contributed by atoms with E-state index in [-0.39, 0.29) is 0 Å². The molecule has 0 aromatic carbocycles. The summed E-state index contributed by atoms with van der Waals surface area (Å²) < 4.78 is 4.18. The van der Waals surface area contributed by atoms with Crippen LogP contribution in [0.4, 0.5) is 0 Å². The molecule has 0 amide bonds. The van der Waals surface area contributed by atoms with Crippen LogP contribution >= 0.6 is 0 Å². The van der Waals surface area contributed by atoms with Gasteiger partial charge in [-0.1, -0.05) is 0 Å². The van der Waals surface area contributed by atoms with E-state index in [0.29, 0.717) is 0 Å². The zero-order valence-electron chi connectivity index (χ0n) is 11.2. The Labute approximate surface area is 119 Å². The summed E-state index contributed by atoms with van der Waals surface area (Å²) in [7, 11) is 1.28. The third kappa shape index (κ3) is 6.01. The summed E-state index contributed by atoms with van der Waals surface area (Å²) in [5.74, 6) is -3.17. The highest BCUT2D eigenvalue weighted by molar-refractivity contribution is 5.90. The van der Waals surface area contributed by atoms with Gasteiger partial charge >= 0.3 is 11.9 Å². The van der Waals surface area contributed by atoms with E-state index in [4.69, 9.17) is 21.4 Å². The minimum Gasteiger partial charge on any atom is -0.394 e. The first kappa shape index (κ1) is 19.2. The second-order valence-corrected chi connectivity index (χ2v) is 4.21. The lowest BCUT2D eigenvalue weighted by atomic mass is 10.0. The number of carbonyl (C=O) groups is 2. The molecule has 0 saturated carbocycles. The van der Waals surface area contributed by atoms with Crippen molar-refractivity contribution in [2.24, 2.45) is 5.73 Å². The second kappa shape index (κ2) is 8.49. The number of aliphatic hydroxyl groups is 5. The molecule has 21 heavy (non-hydrogen) atoms. The Hall–Kier alpha value is -1.79. The van der Waals surface area contributed by atoms with Crippen molar-refractivity contribution in [2.45, 2.75) is 24.4 Å². The van der Waals surface area contributed by atoms with Crippen LogP contribution in [0.15, 0.2) is 0 Å². The Morgan fingerprint density at radius 1 is 1.24 bits per heavy atom. The minimum atomic E-state index is -2.31. The fourth-order valence-electron chi connectivity index (χ4n) is 1.15. The van der Waals surface area contributed by atoms with Crippen LogP contribution in [0, 0.1) is 5.41 Å². The molecule has 11 heteroatoms. The zero-order chi connectivity index (χ0) is 16.7. The van der Waals surface area contributed by atoms with Gasteiger partial charge < -0.3 is 40.9 Å². The summed E-state index contributed by atoms with van der Waals surface area (Å²) in [6.45, 7) is -1.46. The number of rotatable bonds is 7. The van der Waals surface area contributed by atoms with E-state index in [9.17, 15) is 24.9 Å². The Morgan fingerprint density at radius 2 is 1.76 bits per heavy atom. The summed E-state index contributed by atoms with van der Waals surface area (Å²) in [4.78, 5) is 23.6. The molecule has 0 aliphatic carbocycles. The number of guanidine groups is 1. The predicted molar refractivity (Wildman–Crippen MR) is 66.8 cm³/mol. The largest absolute Gasteiger partial charge is 0.394 e. The molecule has 11 nitrogen and oxygen atoms in total. The third-order valence-corrected chi connectivity index (χ3v) is 2.49. The van der Waals surface area contributed by atoms with Gasteiger partial charge in [0.2, 0.25) is 0 Å². The van der Waals surface area contributed by atoms with Gasteiger partial charge in [-0.25, -0.2) is 9.59 Å². The smallest absolute Gasteiger partial charge is 0.345 e. The van der Waals surface area contributed by atoms with Crippen molar-refractivity contribution in [3.05, 3.63) is 0 Å². The number of nitrogens with one attached hydrogen (secondary N) is 1. The molecule has 122 valence electrons. The number of aliphatic hydroxyl groups excluding tert-OH is 5. The normalized spacial score (nSPS) is 16.5. The van der Waals surface area contributed by atoms with Crippen molar-refractivity contribution in [3.63, 3.8) is 0 Å². The van der Waals surface area contributed by atoms with Gasteiger partial charge in [0.1, 0.15) is 24.9 Å². The maximum atomic E-state index is 11.3. The van der Waals surface area contributed by atoms with Crippen molar-refractivity contribution in [3.8, 4) is 0 Å². The Bertz CT molecular complexity index is 390. The quantitative estimate of drug-likeness (QED) is 0.104. The van der Waals surface area contributed by atoms with E-state index in [1.54, 1.807) is 0 Å². The lowest BCUT2D eigenvalue weighted by Crippen LogP contribution is -2.49. The molecule has 8 N–H and O–H groups in total. The lowest BCUT2D eigenvalue weighted by molar-refractivity contribution is -0.176. The average molecular weight is 309 g/mol. The molecule has 0 unspecified atom stereocenters. The second-order valence-electron chi connectivity index (χ2n) is 4.21. The van der Waals surface area contributed by atoms with E-state index in [2.05, 4.69) is 4.74 Å². The highest BCUT2D eigenvalue weighted by Crippen LogP contribution is 2.07. The molecule has 0 aromatic rings. The summed E-state index contributed by atoms with van der Waals surface area (Å²) in [5, 5.41) is 52.7. The van der Waals surface area contributed by atoms with Crippen LogP contribution in [0.3, 0.4) is 0 Å². The van der Waals surface area contributed by atoms with Gasteiger partial charge in [0.05, 0.1) is 6.61 Å². The van der Waals surface area contributed by atoms with Gasteiger partial charge in [-0.15, -0.1) is 0 Å². The van der Waals surface area contributed by atoms with Crippen LogP contribution < -0.4 is 5.73 Å². The highest BCUT2D eigenvalue weighted by Gasteiger charge is 2.36. The molecular formula is C10H19N3O8. The number of nitrogens with two attached hydrogens (primary N) is 1. The van der Waals surface area contributed by atoms with E-state index in [1.807, 2.05) is 0 Å². The van der Waals surface area contributed by atoms with E-state index < -0.39 is 55.5 Å². The van der Waals surface area contributed by atoms with Gasteiger partial charge in [0, 0.05) is 7.05 Å². The molecule has 0 aliphatic rings. The molecule has 4 atom stereocenters. The van der Waals surface area contributed by atoms with Crippen molar-refractivity contribution in [1.29, 1.82) is 5.41 Å². The number of esters is 2. The molecule has 0 spiro atoms. The molecule has 0 rings (SSSR count). The standard InChI is InChI=1S/C10H19N3O8/c1-13(10(11)12)2-5(16)21-9(20)8(19)7(18)6(17)4(15)3-14/h4,6-8,14-15,17-19H,2-3H2,1H3,(H3,11,12)/t4-,6-,7+,8-/m1/s1. The molecule has 0 saturated heterocycles. The van der Waals surface area contributed by atoms with Crippen LogP contribution in [0.5, 0.6) is 0 Å². The van der Waals surface area contributed by atoms with Gasteiger partial charge in [-0.2, -0.15) is 0 Å². The van der Waals surface area contributed by atoms with Gasteiger partial charge in [0.25, 0.3) is 0 Å². The van der Waals surface area contributed by atoms with E-state index in [0.717, 1.165) is 4.90 Å². The fraction of sp³-hybridized carbons (Fsp3) is 0.700. The van der Waals surface area contributed by atoms with Crippen molar-refractivity contribution in [2.75, 3.05) is 20.2 Å². The van der Waals surface area contributed by atoms with E-state index >= 15 is 0 Å². The molecule has 0 aromatic heterocycles. The monoisotopic (exact) mass is 309 g/mol. The van der Waals surface area contributed by atoms with Crippen LogP contribution in [-0.4, -0.2) is 92.9 Å². The maximum Gasteiger partial charge on any atom is 0.345 e. The van der Waals surface area contributed by atoms with E-state index in [1.165, 1.54) is 7.05 Å². The Balaban J connectivity index is 4.51. The fourth-order valence-corrected chi connectivity index (χ4v) is 1.15. The highest BCUT2D eigenvalue weighted by atomic mass is 16.6. The number of nitrogens with zero attached hydrogens (tertiary/aromatic N) is 1. The molecule has 0 bridgehead atoms. The number of likely N-dealkylation sites (N-methyl/N-ethyl adjacent to an activating group) is 1. The lowest BCUT2D eigenvalue weighted by Gasteiger charge is -2.24. The minimum absolute atomic E-state index is 0.457. The number of ether oxygens (including phenoxy) is 1. The van der Waals surface area contributed by atoms with Crippen LogP contribution in [0.1, 0.15) is 0 Å². The van der Waals surface area contributed by atoms with Crippen LogP contribution in [0.25, 0.3) is 0 Å². The first-order valence-electron chi connectivity index (χ1n) is 5.74. The van der Waals surface area contributed by atoms with Crippen molar-refractivity contribution in [1.82, 2.24) is 4.90 Å². The number of carbonyl (C=O) groups excluding carboxylic acids is 2. The van der Waals surface area contributed by atoms with Gasteiger partial charge in [-0.3, -0.25) is 5.41 Å². The molecule has 0 radical (unpaired) electrons. The number of hydrogen-bond donors (Lipinski definition) is 7. The van der Waals surface area contributed by atoms with Crippen molar-refractivity contribution >= 4 is 17.9 Å². The molecule has 0 fully saturated rings. The summed E-state index contributed by atoms with van der Waals surface area (Å²) in [6, 6.07) is 0. The predicted octanol–water partition coefficient (Wildman–Crippen LogP) is -4.68. The topological polar surface area (TPSA) is 198 Å². The molecule has 0 heterocycles. The summed E-state index contributed by atoms with van der Waals surface area (Å²) >= 11 is 0. The molecule has 0 aliphatic heterocycles. The van der Waals surface area contributed by atoms with Gasteiger partial charge in [0.15, 0.2) is 12.1 Å². The summed E-state index contributed by atoms with van der Waals surface area (Å²) in [5.41, 5.74) is 5.05. The first-order chi connectivity index (χ1) is 9.61. The Morgan fingerprint density at radius 3 is 2.19 bits per heavy atom. The molecular weight excluding hydrogens is 290 g/mol. The van der Waals surface area contributed by atoms with Crippen LogP contribution in [0.2, 0.25) is 0 Å². The third-order valence-electron chi connectivity index (χ3n) is 2.49. The Kier molecular flexibility index (Phi) is 7.76. The number of hydrogen-bond acceptors (Lipinski definition) is 9. The van der Waals surface area contributed by atoms with Gasteiger partial charge in [-0.05, 0) is 0 Å². The van der Waals surface area contributed by atoms with Crippen LogP contribution in [-0.2, 0) is 14.3 Å².